The lowest BCUT2D eigenvalue weighted by molar-refractivity contribution is -0.130. The first-order valence-corrected chi connectivity index (χ1v) is 11.3. The Kier molecular flexibility index (Phi) is 5.72. The smallest absolute Gasteiger partial charge is 0.167 e. The van der Waals surface area contributed by atoms with Crippen LogP contribution in [0.3, 0.4) is 0 Å². The lowest BCUT2D eigenvalue weighted by atomic mass is 9.83. The molecule has 2 aromatic carbocycles. The van der Waals surface area contributed by atoms with Gasteiger partial charge in [-0.2, -0.15) is 0 Å². The second kappa shape index (κ2) is 8.79. The molecular weight excluding hydrogens is 394 g/mol. The zero-order valence-electron chi connectivity index (χ0n) is 17.6. The van der Waals surface area contributed by atoms with Crippen molar-refractivity contribution in [1.82, 2.24) is 5.16 Å². The van der Waals surface area contributed by atoms with E-state index in [-0.39, 0.29) is 23.9 Å². The van der Waals surface area contributed by atoms with Gasteiger partial charge in [0.25, 0.3) is 0 Å². The molecule has 0 spiro atoms. The Bertz CT molecular complexity index is 1110. The van der Waals surface area contributed by atoms with Crippen molar-refractivity contribution in [3.63, 3.8) is 0 Å². The molecule has 0 amide bonds. The summed E-state index contributed by atoms with van der Waals surface area (Å²) in [5, 5.41) is 7.12. The summed E-state index contributed by atoms with van der Waals surface area (Å²) in [5.41, 5.74) is 1.32. The Balaban J connectivity index is 1.33. The van der Waals surface area contributed by atoms with Crippen molar-refractivity contribution >= 4 is 33.3 Å². The van der Waals surface area contributed by atoms with Crippen LogP contribution in [0.25, 0.3) is 21.7 Å². The second-order valence-electron chi connectivity index (χ2n) is 8.71. The largest absolute Gasteiger partial charge is 0.494 e. The molecule has 1 saturated carbocycles. The highest BCUT2D eigenvalue weighted by Gasteiger charge is 2.32. The molecule has 0 bridgehead atoms. The van der Waals surface area contributed by atoms with E-state index in [1.54, 1.807) is 0 Å². The molecule has 1 aliphatic carbocycles. The molecule has 1 atom stereocenters. The van der Waals surface area contributed by atoms with E-state index in [9.17, 15) is 9.59 Å². The summed E-state index contributed by atoms with van der Waals surface area (Å²) < 4.78 is 17.0. The summed E-state index contributed by atoms with van der Waals surface area (Å²) in [4.78, 5) is 24.1. The normalized spacial score (nSPS) is 20.6. The number of aromatic nitrogens is 1. The van der Waals surface area contributed by atoms with E-state index < -0.39 is 0 Å². The van der Waals surface area contributed by atoms with Crippen LogP contribution in [0.15, 0.2) is 34.9 Å². The molecular formula is C25H27NO5. The van der Waals surface area contributed by atoms with E-state index in [0.717, 1.165) is 60.3 Å². The number of carbonyl (C=O) groups excluding carboxylic acids is 2. The first-order valence-electron chi connectivity index (χ1n) is 11.3. The summed E-state index contributed by atoms with van der Waals surface area (Å²) in [6.45, 7) is 2.48. The molecule has 5 rings (SSSR count). The van der Waals surface area contributed by atoms with Gasteiger partial charge in [0.1, 0.15) is 23.0 Å². The summed E-state index contributed by atoms with van der Waals surface area (Å²) >= 11 is 0. The molecule has 31 heavy (non-hydrogen) atoms. The van der Waals surface area contributed by atoms with Crippen molar-refractivity contribution in [2.45, 2.75) is 50.9 Å². The van der Waals surface area contributed by atoms with Crippen LogP contribution in [-0.2, 0) is 14.3 Å². The zero-order chi connectivity index (χ0) is 21.2. The van der Waals surface area contributed by atoms with Gasteiger partial charge in [0, 0.05) is 19.6 Å². The Morgan fingerprint density at radius 1 is 1.06 bits per heavy atom. The molecule has 0 unspecified atom stereocenters. The van der Waals surface area contributed by atoms with Crippen molar-refractivity contribution in [3.05, 3.63) is 36.0 Å². The molecule has 0 radical (unpaired) electrons. The van der Waals surface area contributed by atoms with Gasteiger partial charge in [-0.15, -0.1) is 0 Å². The van der Waals surface area contributed by atoms with Crippen LogP contribution in [0.1, 0.15) is 56.6 Å². The van der Waals surface area contributed by atoms with Crippen molar-refractivity contribution in [2.75, 3.05) is 19.8 Å². The van der Waals surface area contributed by atoms with Crippen LogP contribution in [0.4, 0.5) is 0 Å². The zero-order valence-corrected chi connectivity index (χ0v) is 17.6. The first kappa shape index (κ1) is 20.2. The highest BCUT2D eigenvalue weighted by molar-refractivity contribution is 6.11. The molecule has 2 aliphatic rings. The van der Waals surface area contributed by atoms with E-state index in [1.807, 2.05) is 30.3 Å². The first-order chi connectivity index (χ1) is 15.2. The number of benzene rings is 2. The lowest BCUT2D eigenvalue weighted by Gasteiger charge is -2.21. The minimum Gasteiger partial charge on any atom is -0.494 e. The maximum absolute atomic E-state index is 12.5. The fourth-order valence-electron chi connectivity index (χ4n) is 4.86. The standard InChI is InChI=1S/C25H27NO5/c27-18-4-6-21(22(28)15-18)25-24-20-7-5-19(14-17(20)3-8-23(24)31-26-25)30-11-1-2-16-9-12-29-13-10-16/h3,5,7-8,14,16,21H,1-2,4,6,9-13,15H2/t21-/m0/s1. The van der Waals surface area contributed by atoms with Gasteiger partial charge >= 0.3 is 0 Å². The van der Waals surface area contributed by atoms with Gasteiger partial charge in [0.2, 0.25) is 0 Å². The number of Topliss-reactive ketones (excluding diaryl/α,β-unsaturated/α-hetero) is 2. The van der Waals surface area contributed by atoms with Gasteiger partial charge < -0.3 is 14.0 Å². The fourth-order valence-corrected chi connectivity index (χ4v) is 4.86. The van der Waals surface area contributed by atoms with Crippen LogP contribution in [0, 0.1) is 5.92 Å². The van der Waals surface area contributed by atoms with E-state index in [2.05, 4.69) is 5.16 Å². The number of ether oxygens (including phenoxy) is 2. The van der Waals surface area contributed by atoms with Crippen LogP contribution < -0.4 is 4.74 Å². The van der Waals surface area contributed by atoms with E-state index in [0.29, 0.717) is 30.7 Å². The van der Waals surface area contributed by atoms with E-state index in [1.165, 1.54) is 6.42 Å². The summed E-state index contributed by atoms with van der Waals surface area (Å²) in [6.07, 6.45) is 5.45. The highest BCUT2D eigenvalue weighted by Crippen LogP contribution is 2.37. The number of ketones is 2. The quantitative estimate of drug-likeness (QED) is 0.413. The molecule has 2 heterocycles. The van der Waals surface area contributed by atoms with E-state index in [4.69, 9.17) is 14.0 Å². The van der Waals surface area contributed by atoms with Gasteiger partial charge in [-0.05, 0) is 73.1 Å². The molecule has 1 aliphatic heterocycles. The maximum atomic E-state index is 12.5. The number of hydrogen-bond donors (Lipinski definition) is 0. The number of carbonyl (C=O) groups is 2. The Hall–Kier alpha value is -2.73. The van der Waals surface area contributed by atoms with Crippen LogP contribution in [0.2, 0.25) is 0 Å². The van der Waals surface area contributed by atoms with Gasteiger partial charge in [-0.25, -0.2) is 0 Å². The summed E-state index contributed by atoms with van der Waals surface area (Å²) in [5.74, 6) is 1.18. The molecule has 162 valence electrons. The third-order valence-electron chi connectivity index (χ3n) is 6.62. The molecule has 2 fully saturated rings. The third-order valence-corrected chi connectivity index (χ3v) is 6.62. The van der Waals surface area contributed by atoms with Gasteiger partial charge in [-0.3, -0.25) is 9.59 Å². The van der Waals surface area contributed by atoms with Gasteiger partial charge in [-0.1, -0.05) is 11.2 Å². The van der Waals surface area contributed by atoms with E-state index >= 15 is 0 Å². The van der Waals surface area contributed by atoms with Crippen molar-refractivity contribution in [2.24, 2.45) is 5.92 Å². The Morgan fingerprint density at radius 3 is 2.77 bits per heavy atom. The van der Waals surface area contributed by atoms with Crippen molar-refractivity contribution < 1.29 is 23.6 Å². The second-order valence-corrected chi connectivity index (χ2v) is 8.71. The maximum Gasteiger partial charge on any atom is 0.167 e. The van der Waals surface area contributed by atoms with Crippen molar-refractivity contribution in [1.29, 1.82) is 0 Å². The van der Waals surface area contributed by atoms with Gasteiger partial charge in [0.15, 0.2) is 5.58 Å². The molecule has 6 heteroatoms. The summed E-state index contributed by atoms with van der Waals surface area (Å²) in [6, 6.07) is 9.91. The molecule has 6 nitrogen and oxygen atoms in total. The van der Waals surface area contributed by atoms with Gasteiger partial charge in [0.05, 0.1) is 24.3 Å². The lowest BCUT2D eigenvalue weighted by Crippen LogP contribution is -2.23. The van der Waals surface area contributed by atoms with Crippen LogP contribution in [0.5, 0.6) is 5.75 Å². The Morgan fingerprint density at radius 2 is 1.94 bits per heavy atom. The molecule has 1 saturated heterocycles. The van der Waals surface area contributed by atoms with Crippen LogP contribution >= 0.6 is 0 Å². The monoisotopic (exact) mass is 421 g/mol. The highest BCUT2D eigenvalue weighted by atomic mass is 16.5. The molecule has 3 aromatic rings. The predicted molar refractivity (Wildman–Crippen MR) is 116 cm³/mol. The predicted octanol–water partition coefficient (Wildman–Crippen LogP) is 4.97. The average molecular weight is 421 g/mol. The number of hydrogen-bond acceptors (Lipinski definition) is 6. The minimum absolute atomic E-state index is 0.00431. The SMILES string of the molecule is O=C1CC[C@H](c2noc3ccc4cc(OCCCC5CCOCC5)ccc4c23)C(=O)C1. The van der Waals surface area contributed by atoms with Crippen LogP contribution in [-0.4, -0.2) is 36.5 Å². The fraction of sp³-hybridized carbons (Fsp3) is 0.480. The number of fused-ring (bicyclic) bond motifs is 3. The Labute approximate surface area is 180 Å². The summed E-state index contributed by atoms with van der Waals surface area (Å²) in [7, 11) is 0. The number of nitrogens with zero attached hydrogens (tertiary/aromatic N) is 1. The topological polar surface area (TPSA) is 78.6 Å². The molecule has 0 N–H and O–H groups in total. The minimum atomic E-state index is -0.370. The third kappa shape index (κ3) is 4.22. The van der Waals surface area contributed by atoms with Crippen molar-refractivity contribution in [3.8, 4) is 5.75 Å². The molecule has 1 aromatic heterocycles. The number of rotatable bonds is 6. The average Bonchev–Trinajstić information content (AvgIpc) is 3.21.